The van der Waals surface area contributed by atoms with E-state index in [0.717, 1.165) is 0 Å². The van der Waals surface area contributed by atoms with E-state index < -0.39 is 6.10 Å². The molecular weight excluding hydrogens is 182 g/mol. The Morgan fingerprint density at radius 3 is 2.36 bits per heavy atom. The molecule has 82 valence electrons. The van der Waals surface area contributed by atoms with Gasteiger partial charge >= 0.3 is 0 Å². The number of carbonyl (C=O) groups is 2. The van der Waals surface area contributed by atoms with E-state index in [1.165, 1.54) is 6.92 Å². The summed E-state index contributed by atoms with van der Waals surface area (Å²) in [5.74, 6) is -0.0110. The second-order valence-electron chi connectivity index (χ2n) is 3.66. The summed E-state index contributed by atoms with van der Waals surface area (Å²) in [6.07, 6.45) is 0.754. The van der Waals surface area contributed by atoms with Gasteiger partial charge in [0, 0.05) is 26.4 Å². The normalized spacial score (nSPS) is 12.3. The summed E-state index contributed by atoms with van der Waals surface area (Å²) < 4.78 is 0. The smallest absolute Gasteiger partial charge is 0.222 e. The molecule has 4 heteroatoms. The molecule has 0 aromatic heterocycles. The molecular formula is C10H19NO3. The molecule has 1 atom stereocenters. The standard InChI is InChI=1S/C10H19NO3/c1-8(12)4-5-10(14)11(3)7-6-9(2)13/h9,13H,4-7H2,1-3H3. The zero-order valence-corrected chi connectivity index (χ0v) is 9.12. The Balaban J connectivity index is 3.70. The Kier molecular flexibility index (Phi) is 6.12. The van der Waals surface area contributed by atoms with Gasteiger partial charge in [0.25, 0.3) is 0 Å². The van der Waals surface area contributed by atoms with Crippen molar-refractivity contribution < 1.29 is 14.7 Å². The maximum Gasteiger partial charge on any atom is 0.222 e. The number of nitrogens with zero attached hydrogens (tertiary/aromatic N) is 1. The van der Waals surface area contributed by atoms with Crippen molar-refractivity contribution in [3.05, 3.63) is 0 Å². The average molecular weight is 201 g/mol. The third-order valence-electron chi connectivity index (χ3n) is 2.00. The van der Waals surface area contributed by atoms with Crippen molar-refractivity contribution in [1.29, 1.82) is 0 Å². The van der Waals surface area contributed by atoms with Crippen LogP contribution in [0.5, 0.6) is 0 Å². The van der Waals surface area contributed by atoms with Crippen molar-refractivity contribution >= 4 is 11.7 Å². The molecule has 0 bridgehead atoms. The average Bonchev–Trinajstić information content (AvgIpc) is 2.09. The van der Waals surface area contributed by atoms with Gasteiger partial charge in [-0.15, -0.1) is 0 Å². The highest BCUT2D eigenvalue weighted by molar-refractivity contribution is 5.83. The van der Waals surface area contributed by atoms with Gasteiger partial charge in [0.2, 0.25) is 5.91 Å². The minimum Gasteiger partial charge on any atom is -0.393 e. The summed E-state index contributed by atoms with van der Waals surface area (Å²) in [4.78, 5) is 23.5. The van der Waals surface area contributed by atoms with Crippen LogP contribution in [0.25, 0.3) is 0 Å². The second-order valence-corrected chi connectivity index (χ2v) is 3.66. The molecule has 0 rings (SSSR count). The lowest BCUT2D eigenvalue weighted by atomic mass is 10.2. The van der Waals surface area contributed by atoms with E-state index in [-0.39, 0.29) is 18.1 Å². The third-order valence-corrected chi connectivity index (χ3v) is 2.00. The van der Waals surface area contributed by atoms with E-state index in [9.17, 15) is 9.59 Å². The van der Waals surface area contributed by atoms with Crippen LogP contribution < -0.4 is 0 Å². The fourth-order valence-electron chi connectivity index (χ4n) is 0.979. The molecule has 0 aromatic rings. The molecule has 0 aliphatic heterocycles. The van der Waals surface area contributed by atoms with Crippen LogP contribution in [0.4, 0.5) is 0 Å². The third kappa shape index (κ3) is 6.60. The molecule has 0 radical (unpaired) electrons. The zero-order valence-electron chi connectivity index (χ0n) is 9.12. The van der Waals surface area contributed by atoms with Gasteiger partial charge in [0.1, 0.15) is 5.78 Å². The Hall–Kier alpha value is -0.900. The topological polar surface area (TPSA) is 57.6 Å². The fourth-order valence-corrected chi connectivity index (χ4v) is 0.979. The summed E-state index contributed by atoms with van der Waals surface area (Å²) >= 11 is 0. The quantitative estimate of drug-likeness (QED) is 0.684. The van der Waals surface area contributed by atoms with Gasteiger partial charge in [0.05, 0.1) is 6.10 Å². The monoisotopic (exact) mass is 201 g/mol. The second kappa shape index (κ2) is 6.54. The molecule has 0 aromatic carbocycles. The highest BCUT2D eigenvalue weighted by Crippen LogP contribution is 1.99. The van der Waals surface area contributed by atoms with Gasteiger partial charge in [-0.2, -0.15) is 0 Å². The van der Waals surface area contributed by atoms with E-state index in [1.54, 1.807) is 18.9 Å². The first-order valence-corrected chi connectivity index (χ1v) is 4.85. The molecule has 0 aliphatic carbocycles. The van der Waals surface area contributed by atoms with Crippen molar-refractivity contribution in [3.8, 4) is 0 Å². The van der Waals surface area contributed by atoms with Gasteiger partial charge in [-0.05, 0) is 20.3 Å². The van der Waals surface area contributed by atoms with Crippen LogP contribution in [0.2, 0.25) is 0 Å². The van der Waals surface area contributed by atoms with Crippen molar-refractivity contribution in [3.63, 3.8) is 0 Å². The van der Waals surface area contributed by atoms with Gasteiger partial charge in [-0.25, -0.2) is 0 Å². The zero-order chi connectivity index (χ0) is 11.1. The maximum atomic E-state index is 11.4. The molecule has 0 spiro atoms. The molecule has 0 fully saturated rings. The van der Waals surface area contributed by atoms with E-state index in [1.807, 2.05) is 0 Å². The van der Waals surface area contributed by atoms with Crippen molar-refractivity contribution in [2.24, 2.45) is 0 Å². The van der Waals surface area contributed by atoms with Crippen LogP contribution in [-0.4, -0.2) is 41.4 Å². The number of ketones is 1. The first-order valence-electron chi connectivity index (χ1n) is 4.85. The lowest BCUT2D eigenvalue weighted by Gasteiger charge is -2.17. The van der Waals surface area contributed by atoms with E-state index >= 15 is 0 Å². The molecule has 1 N–H and O–H groups in total. The molecule has 4 nitrogen and oxygen atoms in total. The molecule has 0 heterocycles. The Labute approximate surface area is 84.9 Å². The van der Waals surface area contributed by atoms with Crippen LogP contribution in [0, 0.1) is 0 Å². The summed E-state index contributed by atoms with van der Waals surface area (Å²) in [5.41, 5.74) is 0. The summed E-state index contributed by atoms with van der Waals surface area (Å²) in [5, 5.41) is 9.01. The highest BCUT2D eigenvalue weighted by atomic mass is 16.3. The van der Waals surface area contributed by atoms with Crippen LogP contribution >= 0.6 is 0 Å². The predicted molar refractivity (Wildman–Crippen MR) is 53.8 cm³/mol. The Bertz CT molecular complexity index is 202. The Morgan fingerprint density at radius 1 is 1.36 bits per heavy atom. The minimum atomic E-state index is -0.391. The lowest BCUT2D eigenvalue weighted by Crippen LogP contribution is -2.29. The number of hydrogen-bond acceptors (Lipinski definition) is 3. The van der Waals surface area contributed by atoms with Crippen molar-refractivity contribution in [1.82, 2.24) is 4.90 Å². The predicted octanol–water partition coefficient (Wildman–Crippen LogP) is 0.585. The van der Waals surface area contributed by atoms with Crippen LogP contribution in [0.15, 0.2) is 0 Å². The van der Waals surface area contributed by atoms with Crippen LogP contribution in [-0.2, 0) is 9.59 Å². The van der Waals surface area contributed by atoms with Crippen LogP contribution in [0.3, 0.4) is 0 Å². The van der Waals surface area contributed by atoms with Gasteiger partial charge < -0.3 is 14.8 Å². The number of carbonyl (C=O) groups excluding carboxylic acids is 2. The minimum absolute atomic E-state index is 0.0299. The molecule has 1 unspecified atom stereocenters. The number of hydrogen-bond donors (Lipinski definition) is 1. The van der Waals surface area contributed by atoms with E-state index in [0.29, 0.717) is 19.4 Å². The molecule has 1 amide bonds. The van der Waals surface area contributed by atoms with Crippen molar-refractivity contribution in [2.45, 2.75) is 39.2 Å². The van der Waals surface area contributed by atoms with Gasteiger partial charge in [-0.1, -0.05) is 0 Å². The number of amides is 1. The number of aliphatic hydroxyl groups is 1. The van der Waals surface area contributed by atoms with Gasteiger partial charge in [0.15, 0.2) is 0 Å². The number of rotatable bonds is 6. The lowest BCUT2D eigenvalue weighted by molar-refractivity contribution is -0.132. The molecule has 0 saturated heterocycles. The highest BCUT2D eigenvalue weighted by Gasteiger charge is 2.09. The molecule has 14 heavy (non-hydrogen) atoms. The number of aliphatic hydroxyl groups excluding tert-OH is 1. The fraction of sp³-hybridized carbons (Fsp3) is 0.800. The summed E-state index contributed by atoms with van der Waals surface area (Å²) in [6, 6.07) is 0. The van der Waals surface area contributed by atoms with Crippen molar-refractivity contribution in [2.75, 3.05) is 13.6 Å². The van der Waals surface area contributed by atoms with Crippen LogP contribution in [0.1, 0.15) is 33.1 Å². The number of Topliss-reactive ketones (excluding diaryl/α,β-unsaturated/α-hetero) is 1. The SMILES string of the molecule is CC(=O)CCC(=O)N(C)CCC(C)O. The van der Waals surface area contributed by atoms with E-state index in [4.69, 9.17) is 5.11 Å². The summed E-state index contributed by atoms with van der Waals surface area (Å²) in [7, 11) is 1.69. The maximum absolute atomic E-state index is 11.4. The molecule has 0 aliphatic rings. The molecule has 0 saturated carbocycles. The largest absolute Gasteiger partial charge is 0.393 e. The first kappa shape index (κ1) is 13.1. The van der Waals surface area contributed by atoms with E-state index in [2.05, 4.69) is 0 Å². The first-order chi connectivity index (χ1) is 6.43. The Morgan fingerprint density at radius 2 is 1.93 bits per heavy atom. The van der Waals surface area contributed by atoms with Gasteiger partial charge in [-0.3, -0.25) is 4.79 Å². The summed E-state index contributed by atoms with van der Waals surface area (Å²) in [6.45, 7) is 3.70.